The molecule has 1 saturated heterocycles. The van der Waals surface area contributed by atoms with Crippen molar-refractivity contribution in [1.82, 2.24) is 5.32 Å². The summed E-state index contributed by atoms with van der Waals surface area (Å²) in [4.78, 5) is 11.1. The van der Waals surface area contributed by atoms with Crippen molar-refractivity contribution >= 4 is 5.91 Å². The molecule has 2 atom stereocenters. The van der Waals surface area contributed by atoms with E-state index in [1.165, 1.54) is 0 Å². The third-order valence-electron chi connectivity index (χ3n) is 2.37. The van der Waals surface area contributed by atoms with Gasteiger partial charge in [0.25, 0.3) is 0 Å². The SMILES string of the molecule is C[C@@]12CC=C[C@H](C1)C(=O)N2. The van der Waals surface area contributed by atoms with Crippen molar-refractivity contribution in [3.05, 3.63) is 12.2 Å². The highest BCUT2D eigenvalue weighted by Crippen LogP contribution is 2.32. The molecule has 2 nitrogen and oxygen atoms in total. The van der Waals surface area contributed by atoms with E-state index in [0.29, 0.717) is 0 Å². The Morgan fingerprint density at radius 2 is 2.60 bits per heavy atom. The van der Waals surface area contributed by atoms with Crippen molar-refractivity contribution in [3.63, 3.8) is 0 Å². The summed E-state index contributed by atoms with van der Waals surface area (Å²) in [5.74, 6) is 0.370. The Kier molecular flexibility index (Phi) is 0.967. The maximum absolute atomic E-state index is 11.1. The standard InChI is InChI=1S/C8H11NO/c1-8-4-2-3-6(5-8)7(10)9-8/h2-3,6H,4-5H2,1H3,(H,9,10)/t6-,8-/m1/s1. The zero-order valence-electron chi connectivity index (χ0n) is 6.05. The Labute approximate surface area is 60.3 Å². The van der Waals surface area contributed by atoms with E-state index < -0.39 is 0 Å². The van der Waals surface area contributed by atoms with Crippen molar-refractivity contribution in [2.24, 2.45) is 5.92 Å². The van der Waals surface area contributed by atoms with Gasteiger partial charge in [-0.05, 0) is 19.8 Å². The summed E-state index contributed by atoms with van der Waals surface area (Å²) in [5, 5.41) is 2.99. The lowest BCUT2D eigenvalue weighted by molar-refractivity contribution is -0.121. The van der Waals surface area contributed by atoms with Gasteiger partial charge in [-0.15, -0.1) is 0 Å². The summed E-state index contributed by atoms with van der Waals surface area (Å²) >= 11 is 0. The third kappa shape index (κ3) is 0.681. The Morgan fingerprint density at radius 1 is 1.80 bits per heavy atom. The van der Waals surface area contributed by atoms with Crippen molar-refractivity contribution in [2.75, 3.05) is 0 Å². The van der Waals surface area contributed by atoms with E-state index in [9.17, 15) is 4.79 Å². The molecule has 2 aliphatic rings. The summed E-state index contributed by atoms with van der Waals surface area (Å²) in [6.45, 7) is 2.11. The Bertz CT molecular complexity index is 209. The minimum absolute atomic E-state index is 0.0799. The molecular weight excluding hydrogens is 126 g/mol. The average Bonchev–Trinajstić information content (AvgIpc) is 2.03. The van der Waals surface area contributed by atoms with Gasteiger partial charge in [0, 0.05) is 5.54 Å². The monoisotopic (exact) mass is 137 g/mol. The topological polar surface area (TPSA) is 29.1 Å². The van der Waals surface area contributed by atoms with Gasteiger partial charge in [-0.25, -0.2) is 0 Å². The Hall–Kier alpha value is -0.790. The molecule has 0 aromatic carbocycles. The second-order valence-electron chi connectivity index (χ2n) is 3.49. The normalized spacial score (nSPS) is 43.7. The molecule has 2 heteroatoms. The molecule has 0 aromatic rings. The highest BCUT2D eigenvalue weighted by Gasteiger charge is 2.40. The summed E-state index contributed by atoms with van der Waals surface area (Å²) < 4.78 is 0. The van der Waals surface area contributed by atoms with Gasteiger partial charge in [0.05, 0.1) is 5.92 Å². The molecule has 0 saturated carbocycles. The minimum Gasteiger partial charge on any atom is -0.350 e. The second-order valence-corrected chi connectivity index (χ2v) is 3.49. The zero-order chi connectivity index (χ0) is 7.19. The maximum Gasteiger partial charge on any atom is 0.227 e. The second kappa shape index (κ2) is 1.62. The average molecular weight is 137 g/mol. The van der Waals surface area contributed by atoms with Gasteiger partial charge in [-0.2, -0.15) is 0 Å². The van der Waals surface area contributed by atoms with Crippen LogP contribution in [-0.4, -0.2) is 11.4 Å². The van der Waals surface area contributed by atoms with Gasteiger partial charge in [0.1, 0.15) is 0 Å². The maximum atomic E-state index is 11.1. The Balaban J connectivity index is 2.34. The van der Waals surface area contributed by atoms with E-state index in [1.54, 1.807) is 0 Å². The van der Waals surface area contributed by atoms with Crippen molar-refractivity contribution in [1.29, 1.82) is 0 Å². The fraction of sp³-hybridized carbons (Fsp3) is 0.625. The van der Waals surface area contributed by atoms with Crippen LogP contribution in [0.4, 0.5) is 0 Å². The molecule has 1 aliphatic heterocycles. The molecule has 1 fully saturated rings. The molecule has 10 heavy (non-hydrogen) atoms. The van der Waals surface area contributed by atoms with Crippen LogP contribution >= 0.6 is 0 Å². The molecule has 0 unspecified atom stereocenters. The number of rotatable bonds is 0. The predicted molar refractivity (Wildman–Crippen MR) is 38.4 cm³/mol. The van der Waals surface area contributed by atoms with Crippen molar-refractivity contribution < 1.29 is 4.79 Å². The number of nitrogens with one attached hydrogen (secondary N) is 1. The number of carbonyl (C=O) groups is 1. The number of carbonyl (C=O) groups excluding carboxylic acids is 1. The zero-order valence-corrected chi connectivity index (χ0v) is 6.05. The summed E-state index contributed by atoms with van der Waals surface area (Å²) in [6.07, 6.45) is 6.10. The lowest BCUT2D eigenvalue weighted by Gasteiger charge is -2.23. The van der Waals surface area contributed by atoms with Crippen LogP contribution in [0.2, 0.25) is 0 Å². The third-order valence-corrected chi connectivity index (χ3v) is 2.37. The first kappa shape index (κ1) is 5.96. The van der Waals surface area contributed by atoms with Crippen LogP contribution in [-0.2, 0) is 4.79 Å². The predicted octanol–water partition coefficient (Wildman–Crippen LogP) is 0.841. The minimum atomic E-state index is 0.0799. The molecule has 0 radical (unpaired) electrons. The first-order chi connectivity index (χ1) is 4.70. The summed E-state index contributed by atoms with van der Waals surface area (Å²) in [7, 11) is 0. The van der Waals surface area contributed by atoms with Crippen LogP contribution in [0, 0.1) is 5.92 Å². The van der Waals surface area contributed by atoms with Gasteiger partial charge in [-0.3, -0.25) is 4.79 Å². The van der Waals surface area contributed by atoms with Gasteiger partial charge in [0.15, 0.2) is 0 Å². The highest BCUT2D eigenvalue weighted by atomic mass is 16.2. The number of fused-ring (bicyclic) bond motifs is 2. The molecule has 0 spiro atoms. The van der Waals surface area contributed by atoms with Crippen LogP contribution in [0.5, 0.6) is 0 Å². The fourth-order valence-corrected chi connectivity index (χ4v) is 1.80. The van der Waals surface area contributed by atoms with Gasteiger partial charge >= 0.3 is 0 Å². The highest BCUT2D eigenvalue weighted by molar-refractivity contribution is 5.84. The quantitative estimate of drug-likeness (QED) is 0.492. The van der Waals surface area contributed by atoms with Crippen molar-refractivity contribution in [2.45, 2.75) is 25.3 Å². The van der Waals surface area contributed by atoms with E-state index in [1.807, 2.05) is 6.08 Å². The van der Waals surface area contributed by atoms with Crippen LogP contribution in [0.15, 0.2) is 12.2 Å². The molecule has 2 rings (SSSR count). The number of hydrogen-bond donors (Lipinski definition) is 1. The molecule has 2 bridgehead atoms. The van der Waals surface area contributed by atoms with Crippen LogP contribution in [0.1, 0.15) is 19.8 Å². The lowest BCUT2D eigenvalue weighted by atomic mass is 9.87. The molecule has 1 amide bonds. The molecule has 1 N–H and O–H groups in total. The summed E-state index contributed by atoms with van der Waals surface area (Å²) in [6, 6.07) is 0. The van der Waals surface area contributed by atoms with Gasteiger partial charge in [0.2, 0.25) is 5.91 Å². The molecule has 1 aliphatic carbocycles. The fourth-order valence-electron chi connectivity index (χ4n) is 1.80. The van der Waals surface area contributed by atoms with Gasteiger partial charge in [-0.1, -0.05) is 12.2 Å². The molecule has 1 heterocycles. The van der Waals surface area contributed by atoms with Crippen LogP contribution in [0.25, 0.3) is 0 Å². The Morgan fingerprint density at radius 3 is 3.20 bits per heavy atom. The van der Waals surface area contributed by atoms with E-state index in [-0.39, 0.29) is 17.4 Å². The first-order valence-electron chi connectivity index (χ1n) is 3.68. The van der Waals surface area contributed by atoms with E-state index in [0.717, 1.165) is 12.8 Å². The first-order valence-corrected chi connectivity index (χ1v) is 3.68. The largest absolute Gasteiger partial charge is 0.350 e. The molecule has 54 valence electrons. The van der Waals surface area contributed by atoms with Crippen LogP contribution in [0.3, 0.4) is 0 Å². The smallest absolute Gasteiger partial charge is 0.227 e. The summed E-state index contributed by atoms with van der Waals surface area (Å²) in [5.41, 5.74) is 0.0799. The van der Waals surface area contributed by atoms with Crippen molar-refractivity contribution in [3.8, 4) is 0 Å². The van der Waals surface area contributed by atoms with Crippen LogP contribution < -0.4 is 5.32 Å². The number of hydrogen-bond acceptors (Lipinski definition) is 1. The van der Waals surface area contributed by atoms with E-state index >= 15 is 0 Å². The molecular formula is C8H11NO. The van der Waals surface area contributed by atoms with Gasteiger partial charge < -0.3 is 5.32 Å². The molecule has 0 aromatic heterocycles. The van der Waals surface area contributed by atoms with E-state index in [4.69, 9.17) is 0 Å². The number of amides is 1. The lowest BCUT2D eigenvalue weighted by Crippen LogP contribution is -2.37. The van der Waals surface area contributed by atoms with E-state index in [2.05, 4.69) is 18.3 Å².